The number of nitriles is 2. The van der Waals surface area contributed by atoms with E-state index in [9.17, 15) is 15.3 Å². The lowest BCUT2D eigenvalue weighted by Gasteiger charge is -2.17. The fourth-order valence-electron chi connectivity index (χ4n) is 2.61. The van der Waals surface area contributed by atoms with E-state index in [4.69, 9.17) is 11.6 Å². The first kappa shape index (κ1) is 16.3. The molecule has 0 aromatic heterocycles. The van der Waals surface area contributed by atoms with Crippen molar-refractivity contribution in [2.45, 2.75) is 6.54 Å². The number of anilines is 1. The van der Waals surface area contributed by atoms with Gasteiger partial charge < -0.3 is 4.90 Å². The van der Waals surface area contributed by atoms with E-state index in [2.05, 4.69) is 15.9 Å². The molecule has 6 heteroatoms. The van der Waals surface area contributed by atoms with Crippen LogP contribution in [0.15, 0.2) is 52.5 Å². The van der Waals surface area contributed by atoms with Gasteiger partial charge in [0.15, 0.2) is 0 Å². The summed E-state index contributed by atoms with van der Waals surface area (Å²) in [5.74, 6) is -0.351. The zero-order valence-corrected chi connectivity index (χ0v) is 14.6. The molecule has 0 radical (unpaired) electrons. The monoisotopic (exact) mass is 397 g/mol. The molecule has 0 saturated carbocycles. The third kappa shape index (κ3) is 2.80. The van der Waals surface area contributed by atoms with E-state index in [1.54, 1.807) is 29.2 Å². The Bertz CT molecular complexity index is 936. The molecule has 0 atom stereocenters. The molecule has 0 fully saturated rings. The van der Waals surface area contributed by atoms with Crippen molar-refractivity contribution in [1.82, 2.24) is 0 Å². The standard InChI is InChI=1S/C18H9BrClN3O/c19-13-3-6-16-15(7-13)17(12(8-21)9-22)18(24)23(16)10-11-1-4-14(20)5-2-11/h1-7H,10H2. The number of rotatable bonds is 2. The average Bonchev–Trinajstić information content (AvgIpc) is 2.83. The molecule has 3 rings (SSSR count). The number of carbonyl (C=O) groups excluding carboxylic acids is 1. The van der Waals surface area contributed by atoms with Crippen LogP contribution in [0.25, 0.3) is 5.57 Å². The Morgan fingerprint density at radius 1 is 1.12 bits per heavy atom. The van der Waals surface area contributed by atoms with E-state index >= 15 is 0 Å². The van der Waals surface area contributed by atoms with Gasteiger partial charge in [-0.3, -0.25) is 4.79 Å². The van der Waals surface area contributed by atoms with Crippen molar-refractivity contribution in [2.75, 3.05) is 4.90 Å². The van der Waals surface area contributed by atoms with Crippen LogP contribution >= 0.6 is 27.5 Å². The Labute approximate surface area is 152 Å². The number of hydrogen-bond donors (Lipinski definition) is 0. The second-order valence-corrected chi connectivity index (χ2v) is 6.50. The topological polar surface area (TPSA) is 67.9 Å². The highest BCUT2D eigenvalue weighted by atomic mass is 79.9. The fraction of sp³-hybridized carbons (Fsp3) is 0.0556. The molecule has 0 spiro atoms. The molecule has 0 saturated heterocycles. The SMILES string of the molecule is N#CC(C#N)=C1C(=O)N(Cc2ccc(Cl)cc2)c2ccc(Br)cc21. The third-order valence-electron chi connectivity index (χ3n) is 3.71. The Morgan fingerprint density at radius 3 is 2.42 bits per heavy atom. The van der Waals surface area contributed by atoms with E-state index in [0.717, 1.165) is 10.0 Å². The molecule has 0 bridgehead atoms. The quantitative estimate of drug-likeness (QED) is 0.554. The number of nitrogens with zero attached hydrogens (tertiary/aromatic N) is 3. The van der Waals surface area contributed by atoms with Crippen molar-refractivity contribution in [1.29, 1.82) is 10.5 Å². The molecule has 1 aliphatic rings. The number of allylic oxidation sites excluding steroid dienone is 1. The smallest absolute Gasteiger partial charge is 0.261 e. The van der Waals surface area contributed by atoms with Gasteiger partial charge in [-0.15, -0.1) is 0 Å². The van der Waals surface area contributed by atoms with Gasteiger partial charge in [0.05, 0.1) is 17.8 Å². The summed E-state index contributed by atoms with van der Waals surface area (Å²) in [5, 5.41) is 19.0. The van der Waals surface area contributed by atoms with Gasteiger partial charge in [0, 0.05) is 15.1 Å². The van der Waals surface area contributed by atoms with Crippen molar-refractivity contribution in [3.8, 4) is 12.1 Å². The van der Waals surface area contributed by atoms with Crippen LogP contribution < -0.4 is 4.90 Å². The lowest BCUT2D eigenvalue weighted by Crippen LogP contribution is -2.26. The van der Waals surface area contributed by atoms with Crippen LogP contribution in [0.5, 0.6) is 0 Å². The van der Waals surface area contributed by atoms with Gasteiger partial charge in [0.2, 0.25) is 0 Å². The lowest BCUT2D eigenvalue weighted by molar-refractivity contribution is -0.113. The van der Waals surface area contributed by atoms with E-state index in [1.165, 1.54) is 0 Å². The highest BCUT2D eigenvalue weighted by molar-refractivity contribution is 9.10. The molecule has 0 N–H and O–H groups in total. The van der Waals surface area contributed by atoms with Gasteiger partial charge in [-0.1, -0.05) is 39.7 Å². The maximum atomic E-state index is 12.8. The number of benzene rings is 2. The van der Waals surface area contributed by atoms with Crippen molar-refractivity contribution >= 4 is 44.7 Å². The number of amides is 1. The largest absolute Gasteiger partial charge is 0.303 e. The minimum Gasteiger partial charge on any atom is -0.303 e. The van der Waals surface area contributed by atoms with Crippen LogP contribution in [0.4, 0.5) is 5.69 Å². The minimum atomic E-state index is -0.351. The van der Waals surface area contributed by atoms with Gasteiger partial charge in [-0.2, -0.15) is 10.5 Å². The molecule has 0 unspecified atom stereocenters. The average molecular weight is 399 g/mol. The highest BCUT2D eigenvalue weighted by Crippen LogP contribution is 2.40. The predicted molar refractivity (Wildman–Crippen MR) is 94.9 cm³/mol. The number of hydrogen-bond acceptors (Lipinski definition) is 3. The maximum Gasteiger partial charge on any atom is 0.261 e. The molecule has 116 valence electrons. The van der Waals surface area contributed by atoms with Crippen LogP contribution in [0.2, 0.25) is 5.02 Å². The summed E-state index contributed by atoms with van der Waals surface area (Å²) in [6.45, 7) is 0.332. The summed E-state index contributed by atoms with van der Waals surface area (Å²) in [7, 11) is 0. The Morgan fingerprint density at radius 2 is 1.79 bits per heavy atom. The van der Waals surface area contributed by atoms with Crippen LogP contribution in [0.1, 0.15) is 11.1 Å². The van der Waals surface area contributed by atoms with Gasteiger partial charge in [0.1, 0.15) is 17.7 Å². The molecule has 4 nitrogen and oxygen atoms in total. The molecule has 2 aromatic carbocycles. The molecule has 0 aliphatic carbocycles. The van der Waals surface area contributed by atoms with Crippen LogP contribution in [0, 0.1) is 22.7 Å². The Hall–Kier alpha value is -2.60. The minimum absolute atomic E-state index is 0.144. The van der Waals surface area contributed by atoms with Crippen LogP contribution in [-0.4, -0.2) is 5.91 Å². The number of fused-ring (bicyclic) bond motifs is 1. The van der Waals surface area contributed by atoms with E-state index < -0.39 is 0 Å². The zero-order chi connectivity index (χ0) is 17.3. The van der Waals surface area contributed by atoms with E-state index in [-0.39, 0.29) is 17.1 Å². The number of halogens is 2. The Balaban J connectivity index is 2.12. The van der Waals surface area contributed by atoms with Crippen LogP contribution in [0.3, 0.4) is 0 Å². The molecule has 24 heavy (non-hydrogen) atoms. The van der Waals surface area contributed by atoms with Gasteiger partial charge in [-0.25, -0.2) is 0 Å². The molecular formula is C18H9BrClN3O. The van der Waals surface area contributed by atoms with Crippen molar-refractivity contribution in [3.63, 3.8) is 0 Å². The van der Waals surface area contributed by atoms with E-state index in [0.29, 0.717) is 22.8 Å². The third-order valence-corrected chi connectivity index (χ3v) is 4.45. The predicted octanol–water partition coefficient (Wildman–Crippen LogP) is 4.45. The maximum absolute atomic E-state index is 12.8. The summed E-state index contributed by atoms with van der Waals surface area (Å²) in [4.78, 5) is 14.4. The Kier molecular flexibility index (Phi) is 4.40. The fourth-order valence-corrected chi connectivity index (χ4v) is 3.10. The lowest BCUT2D eigenvalue weighted by atomic mass is 10.0. The van der Waals surface area contributed by atoms with Crippen molar-refractivity contribution in [2.24, 2.45) is 0 Å². The van der Waals surface area contributed by atoms with E-state index in [1.807, 2.05) is 30.3 Å². The van der Waals surface area contributed by atoms with Gasteiger partial charge in [0.25, 0.3) is 5.91 Å². The summed E-state index contributed by atoms with van der Waals surface area (Å²) in [6, 6.07) is 16.2. The van der Waals surface area contributed by atoms with Crippen LogP contribution in [-0.2, 0) is 11.3 Å². The van der Waals surface area contributed by atoms with Gasteiger partial charge >= 0.3 is 0 Å². The second-order valence-electron chi connectivity index (χ2n) is 5.15. The van der Waals surface area contributed by atoms with Crippen molar-refractivity contribution in [3.05, 3.63) is 68.7 Å². The number of carbonyl (C=O) groups is 1. The molecule has 2 aromatic rings. The summed E-state index contributed by atoms with van der Waals surface area (Å²) >= 11 is 9.26. The molecular weight excluding hydrogens is 390 g/mol. The highest BCUT2D eigenvalue weighted by Gasteiger charge is 2.35. The molecule has 1 amide bonds. The summed E-state index contributed by atoms with van der Waals surface area (Å²) < 4.78 is 0.773. The summed E-state index contributed by atoms with van der Waals surface area (Å²) in [5.41, 5.74) is 2.12. The first-order valence-electron chi connectivity index (χ1n) is 6.96. The van der Waals surface area contributed by atoms with Crippen molar-refractivity contribution < 1.29 is 4.79 Å². The van der Waals surface area contributed by atoms with Gasteiger partial charge in [-0.05, 0) is 35.9 Å². The first-order chi connectivity index (χ1) is 11.5. The first-order valence-corrected chi connectivity index (χ1v) is 8.13. The summed E-state index contributed by atoms with van der Waals surface area (Å²) in [6.07, 6.45) is 0. The molecule has 1 heterocycles. The second kappa shape index (κ2) is 6.49. The zero-order valence-electron chi connectivity index (χ0n) is 12.3. The molecule has 1 aliphatic heterocycles. The normalized spacial score (nSPS) is 12.6.